The SMILES string of the molecule is COc1ccc([C@H]2C3=CC[C@@H]4C(=O)N(CCc5ccc(O)cc5)C(=O)[C@@H]4[C@@H]3C[C@H]3C(=O)N(c4ccccc4)C(=O)[C@@]23C)cc1O. The lowest BCUT2D eigenvalue weighted by Gasteiger charge is -2.49. The molecule has 0 spiro atoms. The Morgan fingerprint density at radius 1 is 0.889 bits per heavy atom. The minimum absolute atomic E-state index is 0.0872. The van der Waals surface area contributed by atoms with Gasteiger partial charge in [-0.1, -0.05) is 48.0 Å². The summed E-state index contributed by atoms with van der Waals surface area (Å²) >= 11 is 0. The molecule has 2 aliphatic heterocycles. The quantitative estimate of drug-likeness (QED) is 0.311. The maximum atomic E-state index is 14.4. The summed E-state index contributed by atoms with van der Waals surface area (Å²) in [7, 11) is 1.46. The van der Waals surface area contributed by atoms with Crippen LogP contribution in [0.5, 0.6) is 17.2 Å². The molecule has 0 unspecified atom stereocenters. The van der Waals surface area contributed by atoms with E-state index in [2.05, 4.69) is 0 Å². The fraction of sp³-hybridized carbons (Fsp3) is 0.333. The van der Waals surface area contributed by atoms with Gasteiger partial charge in [-0.05, 0) is 79.6 Å². The highest BCUT2D eigenvalue weighted by Crippen LogP contribution is 2.63. The Morgan fingerprint density at radius 3 is 2.31 bits per heavy atom. The minimum atomic E-state index is -1.19. The van der Waals surface area contributed by atoms with Crippen molar-refractivity contribution >= 4 is 29.3 Å². The molecule has 3 aromatic rings. The molecule has 45 heavy (non-hydrogen) atoms. The van der Waals surface area contributed by atoms with E-state index in [0.717, 1.165) is 11.1 Å². The largest absolute Gasteiger partial charge is 0.508 e. The van der Waals surface area contributed by atoms with Gasteiger partial charge >= 0.3 is 0 Å². The van der Waals surface area contributed by atoms with E-state index in [1.807, 2.05) is 19.1 Å². The van der Waals surface area contributed by atoms with E-state index >= 15 is 0 Å². The van der Waals surface area contributed by atoms with Crippen LogP contribution < -0.4 is 9.64 Å². The molecule has 0 aromatic heterocycles. The van der Waals surface area contributed by atoms with E-state index in [-0.39, 0.29) is 53.8 Å². The van der Waals surface area contributed by atoms with Gasteiger partial charge in [0.25, 0.3) is 0 Å². The number of amides is 4. The number of allylic oxidation sites excluding steroid dienone is 2. The molecule has 2 saturated heterocycles. The summed E-state index contributed by atoms with van der Waals surface area (Å²) in [5.41, 5.74) is 1.70. The third-order valence-corrected chi connectivity index (χ3v) is 10.5. The van der Waals surface area contributed by atoms with Gasteiger partial charge in [0.15, 0.2) is 11.5 Å². The fourth-order valence-electron chi connectivity index (χ4n) is 8.29. The molecular weight excluding hydrogens is 572 g/mol. The van der Waals surface area contributed by atoms with E-state index in [4.69, 9.17) is 4.74 Å². The van der Waals surface area contributed by atoms with Crippen LogP contribution in [0.25, 0.3) is 0 Å². The van der Waals surface area contributed by atoms with Crippen molar-refractivity contribution in [1.29, 1.82) is 0 Å². The molecular formula is C36H34N2O7. The van der Waals surface area contributed by atoms with Crippen molar-refractivity contribution in [3.63, 3.8) is 0 Å². The van der Waals surface area contributed by atoms with E-state index in [9.17, 15) is 29.4 Å². The number of carbonyl (C=O) groups is 4. The number of nitrogens with zero attached hydrogens (tertiary/aromatic N) is 2. The number of anilines is 1. The third kappa shape index (κ3) is 4.28. The molecule has 9 heteroatoms. The van der Waals surface area contributed by atoms with E-state index in [0.29, 0.717) is 24.1 Å². The first-order valence-corrected chi connectivity index (χ1v) is 15.3. The summed E-state index contributed by atoms with van der Waals surface area (Å²) in [5, 5.41) is 20.4. The highest BCUT2D eigenvalue weighted by molar-refractivity contribution is 6.24. The zero-order chi connectivity index (χ0) is 31.6. The predicted molar refractivity (Wildman–Crippen MR) is 164 cm³/mol. The third-order valence-electron chi connectivity index (χ3n) is 10.5. The van der Waals surface area contributed by atoms with Gasteiger partial charge < -0.3 is 14.9 Å². The number of aromatic hydroxyl groups is 2. The number of rotatable bonds is 6. The Balaban J connectivity index is 1.29. The molecule has 4 aliphatic rings. The van der Waals surface area contributed by atoms with Gasteiger partial charge in [0.1, 0.15) is 5.75 Å². The molecule has 230 valence electrons. The average molecular weight is 607 g/mol. The van der Waals surface area contributed by atoms with Crippen LogP contribution in [-0.4, -0.2) is 52.4 Å². The van der Waals surface area contributed by atoms with E-state index in [1.54, 1.807) is 66.7 Å². The van der Waals surface area contributed by atoms with Gasteiger partial charge in [0, 0.05) is 12.5 Å². The predicted octanol–water partition coefficient (Wildman–Crippen LogP) is 4.58. The van der Waals surface area contributed by atoms with Gasteiger partial charge in [0.05, 0.1) is 36.0 Å². The average Bonchev–Trinajstić information content (AvgIpc) is 3.40. The lowest BCUT2D eigenvalue weighted by Crippen LogP contribution is -2.48. The Morgan fingerprint density at radius 2 is 1.62 bits per heavy atom. The molecule has 2 N–H and O–H groups in total. The number of ether oxygens (including phenoxy) is 1. The molecule has 0 bridgehead atoms. The van der Waals surface area contributed by atoms with Crippen LogP contribution >= 0.6 is 0 Å². The smallest absolute Gasteiger partial charge is 0.241 e. The molecule has 2 heterocycles. The lowest BCUT2D eigenvalue weighted by atomic mass is 9.51. The van der Waals surface area contributed by atoms with Crippen molar-refractivity contribution in [2.75, 3.05) is 18.6 Å². The van der Waals surface area contributed by atoms with Crippen molar-refractivity contribution in [3.8, 4) is 17.2 Å². The topological polar surface area (TPSA) is 124 Å². The molecule has 3 fully saturated rings. The Bertz CT molecular complexity index is 1750. The van der Waals surface area contributed by atoms with Crippen LogP contribution in [0.2, 0.25) is 0 Å². The van der Waals surface area contributed by atoms with Crippen LogP contribution in [0.3, 0.4) is 0 Å². The second kappa shape index (κ2) is 10.6. The summed E-state index contributed by atoms with van der Waals surface area (Å²) in [5.74, 6) is -3.75. The number of phenolic OH excluding ortho intramolecular Hbond substituents is 2. The molecule has 2 aliphatic carbocycles. The van der Waals surface area contributed by atoms with Gasteiger partial charge in [-0.25, -0.2) is 4.90 Å². The normalized spacial score (nSPS) is 28.9. The Labute approximate surface area is 260 Å². The minimum Gasteiger partial charge on any atom is -0.508 e. The molecule has 6 atom stereocenters. The van der Waals surface area contributed by atoms with Crippen molar-refractivity contribution in [2.45, 2.75) is 32.1 Å². The van der Waals surface area contributed by atoms with Crippen LogP contribution in [0.1, 0.15) is 36.8 Å². The maximum Gasteiger partial charge on any atom is 0.241 e. The first kappa shape index (κ1) is 28.8. The monoisotopic (exact) mass is 606 g/mol. The molecule has 9 nitrogen and oxygen atoms in total. The van der Waals surface area contributed by atoms with E-state index in [1.165, 1.54) is 16.9 Å². The fourth-order valence-corrected chi connectivity index (χ4v) is 8.29. The zero-order valence-corrected chi connectivity index (χ0v) is 25.1. The van der Waals surface area contributed by atoms with Crippen molar-refractivity contribution < 1.29 is 34.1 Å². The van der Waals surface area contributed by atoms with Gasteiger partial charge in [0.2, 0.25) is 23.6 Å². The number of hydrogen-bond acceptors (Lipinski definition) is 7. The summed E-state index contributed by atoms with van der Waals surface area (Å²) < 4.78 is 5.28. The van der Waals surface area contributed by atoms with Crippen LogP contribution in [0.15, 0.2) is 84.4 Å². The zero-order valence-electron chi connectivity index (χ0n) is 25.1. The molecule has 4 amide bonds. The first-order chi connectivity index (χ1) is 21.6. The summed E-state index contributed by atoms with van der Waals surface area (Å²) in [4.78, 5) is 59.0. The van der Waals surface area contributed by atoms with Gasteiger partial charge in [-0.2, -0.15) is 0 Å². The highest BCUT2D eigenvalue weighted by atomic mass is 16.5. The number of likely N-dealkylation sites (tertiary alicyclic amines) is 1. The number of fused-ring (bicyclic) bond motifs is 4. The lowest BCUT2D eigenvalue weighted by molar-refractivity contribution is -0.140. The number of imide groups is 2. The number of benzene rings is 3. The van der Waals surface area contributed by atoms with Crippen molar-refractivity contribution in [2.24, 2.45) is 29.1 Å². The second-order valence-corrected chi connectivity index (χ2v) is 12.7. The second-order valence-electron chi connectivity index (χ2n) is 12.7. The molecule has 1 saturated carbocycles. The van der Waals surface area contributed by atoms with Gasteiger partial charge in [-0.3, -0.25) is 24.1 Å². The standard InChI is InChI=1S/C36H34N2O7/c1-36-27(33(42)38(35(36)44)22-6-4-3-5-7-22)19-26-24(31(36)21-10-15-29(45-2)28(40)18-21)13-14-25-30(26)34(43)37(32(25)41)17-16-20-8-11-23(39)12-9-20/h3-13,15,18,25-27,30-31,39-40H,14,16-17,19H2,1-2H3/t25-,26+,27-,30-,31-,36+/m0/s1. The van der Waals surface area contributed by atoms with Crippen LogP contribution in [-0.2, 0) is 25.6 Å². The van der Waals surface area contributed by atoms with Crippen LogP contribution in [0, 0.1) is 29.1 Å². The Hall–Kier alpha value is -4.92. The number of carbonyl (C=O) groups excluding carboxylic acids is 4. The molecule has 0 radical (unpaired) electrons. The molecule has 7 rings (SSSR count). The van der Waals surface area contributed by atoms with E-state index < -0.39 is 35.0 Å². The summed E-state index contributed by atoms with van der Waals surface area (Å²) in [6, 6.07) is 20.6. The van der Waals surface area contributed by atoms with Crippen LogP contribution in [0.4, 0.5) is 5.69 Å². The molecule has 3 aromatic carbocycles. The first-order valence-electron chi connectivity index (χ1n) is 15.3. The highest BCUT2D eigenvalue weighted by Gasteiger charge is 2.67. The number of phenols is 2. The number of para-hydroxylation sites is 1. The number of hydrogen-bond donors (Lipinski definition) is 2. The summed E-state index contributed by atoms with van der Waals surface area (Å²) in [6.45, 7) is 2.04. The maximum absolute atomic E-state index is 14.4. The Kier molecular flexibility index (Phi) is 6.80. The van der Waals surface area contributed by atoms with Crippen molar-refractivity contribution in [3.05, 3.63) is 95.6 Å². The van der Waals surface area contributed by atoms with Gasteiger partial charge in [-0.15, -0.1) is 0 Å². The number of methoxy groups -OCH3 is 1. The summed E-state index contributed by atoms with van der Waals surface area (Å²) in [6.07, 6.45) is 3.06. The van der Waals surface area contributed by atoms with Crippen molar-refractivity contribution in [1.82, 2.24) is 4.90 Å².